The molecule has 1 aliphatic rings. The van der Waals surface area contributed by atoms with E-state index < -0.39 is 0 Å². The van der Waals surface area contributed by atoms with Crippen molar-refractivity contribution in [2.45, 2.75) is 19.4 Å². The Morgan fingerprint density at radius 1 is 1.25 bits per heavy atom. The fourth-order valence-electron chi connectivity index (χ4n) is 2.36. The van der Waals surface area contributed by atoms with Gasteiger partial charge < -0.3 is 5.32 Å². The predicted octanol–water partition coefficient (Wildman–Crippen LogP) is 1.43. The molecule has 16 heavy (non-hydrogen) atoms. The van der Waals surface area contributed by atoms with Gasteiger partial charge in [-0.2, -0.15) is 0 Å². The molecule has 0 spiro atoms. The SMILES string of the molecule is c1ccc2c(c1)nnn2CC1CCNCC1. The van der Waals surface area contributed by atoms with Gasteiger partial charge >= 0.3 is 0 Å². The van der Waals surface area contributed by atoms with Crippen molar-refractivity contribution >= 4 is 11.0 Å². The maximum Gasteiger partial charge on any atom is 0.113 e. The molecule has 3 rings (SSSR count). The molecule has 4 heteroatoms. The van der Waals surface area contributed by atoms with Crippen molar-refractivity contribution in [2.24, 2.45) is 5.92 Å². The molecular formula is C12H16N4. The van der Waals surface area contributed by atoms with Gasteiger partial charge in [0.25, 0.3) is 0 Å². The van der Waals surface area contributed by atoms with Crippen LogP contribution in [0.25, 0.3) is 11.0 Å². The number of aromatic nitrogens is 3. The van der Waals surface area contributed by atoms with E-state index in [2.05, 4.69) is 21.7 Å². The third-order valence-electron chi connectivity index (χ3n) is 3.31. The van der Waals surface area contributed by atoms with E-state index >= 15 is 0 Å². The van der Waals surface area contributed by atoms with Gasteiger partial charge in [0, 0.05) is 6.54 Å². The number of para-hydroxylation sites is 1. The third-order valence-corrected chi connectivity index (χ3v) is 3.31. The van der Waals surface area contributed by atoms with Gasteiger partial charge in [-0.15, -0.1) is 5.10 Å². The number of piperidine rings is 1. The summed E-state index contributed by atoms with van der Waals surface area (Å²) >= 11 is 0. The average molecular weight is 216 g/mol. The first-order chi connectivity index (χ1) is 7.93. The van der Waals surface area contributed by atoms with Crippen molar-refractivity contribution in [3.05, 3.63) is 24.3 Å². The van der Waals surface area contributed by atoms with Crippen molar-refractivity contribution in [2.75, 3.05) is 13.1 Å². The largest absolute Gasteiger partial charge is 0.317 e. The molecule has 84 valence electrons. The lowest BCUT2D eigenvalue weighted by Gasteiger charge is -2.22. The first-order valence-electron chi connectivity index (χ1n) is 5.92. The molecule has 1 aromatic heterocycles. The molecule has 0 unspecified atom stereocenters. The zero-order valence-corrected chi connectivity index (χ0v) is 9.26. The van der Waals surface area contributed by atoms with Gasteiger partial charge in [0.05, 0.1) is 5.52 Å². The summed E-state index contributed by atoms with van der Waals surface area (Å²) in [5.41, 5.74) is 2.15. The summed E-state index contributed by atoms with van der Waals surface area (Å²) in [5, 5.41) is 11.8. The van der Waals surface area contributed by atoms with Crippen LogP contribution in [-0.2, 0) is 6.54 Å². The number of hydrogen-bond donors (Lipinski definition) is 1. The van der Waals surface area contributed by atoms with Crippen LogP contribution in [0.15, 0.2) is 24.3 Å². The Balaban J connectivity index is 1.83. The van der Waals surface area contributed by atoms with Gasteiger partial charge in [-0.1, -0.05) is 17.3 Å². The average Bonchev–Trinajstić information content (AvgIpc) is 2.74. The van der Waals surface area contributed by atoms with Crippen LogP contribution < -0.4 is 5.32 Å². The molecule has 1 aliphatic heterocycles. The first-order valence-corrected chi connectivity index (χ1v) is 5.92. The van der Waals surface area contributed by atoms with E-state index in [4.69, 9.17) is 0 Å². The van der Waals surface area contributed by atoms with Crippen LogP contribution in [0, 0.1) is 5.92 Å². The van der Waals surface area contributed by atoms with Gasteiger partial charge in [0.2, 0.25) is 0 Å². The molecule has 1 fully saturated rings. The monoisotopic (exact) mass is 216 g/mol. The molecule has 1 aromatic carbocycles. The quantitative estimate of drug-likeness (QED) is 0.825. The molecule has 4 nitrogen and oxygen atoms in total. The lowest BCUT2D eigenvalue weighted by molar-refractivity contribution is 0.322. The maximum atomic E-state index is 4.24. The fraction of sp³-hybridized carbons (Fsp3) is 0.500. The standard InChI is InChI=1S/C12H16N4/c1-2-4-12-11(3-1)14-15-16(12)9-10-5-7-13-8-6-10/h1-4,10,13H,5-9H2. The lowest BCUT2D eigenvalue weighted by atomic mass is 9.98. The molecule has 0 radical (unpaired) electrons. The van der Waals surface area contributed by atoms with Crippen molar-refractivity contribution in [3.63, 3.8) is 0 Å². The number of nitrogens with zero attached hydrogens (tertiary/aromatic N) is 3. The van der Waals surface area contributed by atoms with E-state index in [1.54, 1.807) is 0 Å². The summed E-state index contributed by atoms with van der Waals surface area (Å²) in [7, 11) is 0. The Kier molecular flexibility index (Phi) is 2.58. The normalized spacial score (nSPS) is 18.0. The summed E-state index contributed by atoms with van der Waals surface area (Å²) in [4.78, 5) is 0. The molecule has 2 heterocycles. The molecule has 0 amide bonds. The topological polar surface area (TPSA) is 42.7 Å². The molecular weight excluding hydrogens is 200 g/mol. The summed E-state index contributed by atoms with van der Waals surface area (Å²) in [6.07, 6.45) is 2.49. The highest BCUT2D eigenvalue weighted by molar-refractivity contribution is 5.73. The second kappa shape index (κ2) is 4.22. The van der Waals surface area contributed by atoms with Crippen LogP contribution in [0.3, 0.4) is 0 Å². The van der Waals surface area contributed by atoms with Gasteiger partial charge in [-0.3, -0.25) is 0 Å². The number of nitrogens with one attached hydrogen (secondary N) is 1. The number of hydrogen-bond acceptors (Lipinski definition) is 3. The van der Waals surface area contributed by atoms with Crippen LogP contribution in [-0.4, -0.2) is 28.1 Å². The number of benzene rings is 1. The van der Waals surface area contributed by atoms with Crippen molar-refractivity contribution < 1.29 is 0 Å². The van der Waals surface area contributed by atoms with E-state index in [1.165, 1.54) is 12.8 Å². The van der Waals surface area contributed by atoms with E-state index in [1.807, 2.05) is 22.9 Å². The summed E-state index contributed by atoms with van der Waals surface area (Å²) < 4.78 is 2.05. The highest BCUT2D eigenvalue weighted by Crippen LogP contribution is 2.17. The first kappa shape index (κ1) is 9.78. The molecule has 0 bridgehead atoms. The molecule has 0 atom stereocenters. The lowest BCUT2D eigenvalue weighted by Crippen LogP contribution is -2.30. The highest BCUT2D eigenvalue weighted by atomic mass is 15.4. The minimum atomic E-state index is 0.742. The highest BCUT2D eigenvalue weighted by Gasteiger charge is 2.15. The Hall–Kier alpha value is -1.42. The van der Waals surface area contributed by atoms with Crippen LogP contribution in [0.4, 0.5) is 0 Å². The Morgan fingerprint density at radius 2 is 2.06 bits per heavy atom. The molecule has 2 aromatic rings. The number of fused-ring (bicyclic) bond motifs is 1. The van der Waals surface area contributed by atoms with Crippen LogP contribution in [0.5, 0.6) is 0 Å². The van der Waals surface area contributed by atoms with Gasteiger partial charge in [0.1, 0.15) is 5.52 Å². The summed E-state index contributed by atoms with van der Waals surface area (Å²) in [6.45, 7) is 3.27. The molecule has 0 aliphatic carbocycles. The van der Waals surface area contributed by atoms with E-state index in [-0.39, 0.29) is 0 Å². The fourth-order valence-corrected chi connectivity index (χ4v) is 2.36. The third kappa shape index (κ3) is 1.80. The Bertz CT molecular complexity index is 471. The smallest absolute Gasteiger partial charge is 0.113 e. The van der Waals surface area contributed by atoms with Crippen molar-refractivity contribution in [1.82, 2.24) is 20.3 Å². The van der Waals surface area contributed by atoms with Gasteiger partial charge in [0.15, 0.2) is 0 Å². The second-order valence-electron chi connectivity index (χ2n) is 4.45. The van der Waals surface area contributed by atoms with Crippen molar-refractivity contribution in [1.29, 1.82) is 0 Å². The van der Waals surface area contributed by atoms with E-state index in [0.29, 0.717) is 0 Å². The predicted molar refractivity (Wildman–Crippen MR) is 63.1 cm³/mol. The molecule has 1 saturated heterocycles. The zero-order valence-electron chi connectivity index (χ0n) is 9.26. The van der Waals surface area contributed by atoms with Gasteiger partial charge in [-0.05, 0) is 44.0 Å². The molecule has 1 N–H and O–H groups in total. The molecule has 0 saturated carbocycles. The minimum absolute atomic E-state index is 0.742. The van der Waals surface area contributed by atoms with E-state index in [9.17, 15) is 0 Å². The van der Waals surface area contributed by atoms with Crippen LogP contribution >= 0.6 is 0 Å². The number of rotatable bonds is 2. The van der Waals surface area contributed by atoms with Crippen molar-refractivity contribution in [3.8, 4) is 0 Å². The minimum Gasteiger partial charge on any atom is -0.317 e. The maximum absolute atomic E-state index is 4.24. The second-order valence-corrected chi connectivity index (χ2v) is 4.45. The Morgan fingerprint density at radius 3 is 2.94 bits per heavy atom. The zero-order chi connectivity index (χ0) is 10.8. The van der Waals surface area contributed by atoms with Crippen LogP contribution in [0.1, 0.15) is 12.8 Å². The van der Waals surface area contributed by atoms with Gasteiger partial charge in [-0.25, -0.2) is 4.68 Å². The van der Waals surface area contributed by atoms with Crippen LogP contribution in [0.2, 0.25) is 0 Å². The summed E-state index contributed by atoms with van der Waals surface area (Å²) in [6, 6.07) is 8.16. The Labute approximate surface area is 94.6 Å². The van der Waals surface area contributed by atoms with E-state index in [0.717, 1.165) is 36.6 Å². The summed E-state index contributed by atoms with van der Waals surface area (Å²) in [5.74, 6) is 0.742.